The van der Waals surface area contributed by atoms with E-state index in [2.05, 4.69) is 16.0 Å². The Labute approximate surface area is 197 Å². The average molecular weight is 462 g/mol. The third-order valence-corrected chi connectivity index (χ3v) is 4.63. The molecule has 0 aromatic heterocycles. The highest BCUT2D eigenvalue weighted by Crippen LogP contribution is 2.09. The molecule has 0 aliphatic carbocycles. The molecule has 0 heterocycles. The second-order valence-electron chi connectivity index (χ2n) is 9.53. The van der Waals surface area contributed by atoms with Crippen LogP contribution in [0.4, 0.5) is 0 Å². The van der Waals surface area contributed by atoms with Crippen molar-refractivity contribution >= 4 is 23.6 Å². The van der Waals surface area contributed by atoms with Gasteiger partial charge in [0, 0.05) is 6.42 Å². The minimum atomic E-state index is -1.01. The van der Waals surface area contributed by atoms with E-state index in [1.54, 1.807) is 20.8 Å². The van der Waals surface area contributed by atoms with Crippen molar-refractivity contribution in [1.29, 1.82) is 0 Å². The summed E-state index contributed by atoms with van der Waals surface area (Å²) in [6.45, 7) is 11.2. The van der Waals surface area contributed by atoms with Gasteiger partial charge in [0.25, 0.3) is 5.78 Å². The zero-order chi connectivity index (χ0) is 25.0. The summed E-state index contributed by atoms with van der Waals surface area (Å²) in [6.07, 6.45) is 1.76. The molecule has 2 amide bonds. The lowest BCUT2D eigenvalue weighted by atomic mass is 10.0. The molecule has 0 spiro atoms. The van der Waals surface area contributed by atoms with Crippen LogP contribution in [0, 0.1) is 5.92 Å². The lowest BCUT2D eigenvalue weighted by Gasteiger charge is -2.24. The summed E-state index contributed by atoms with van der Waals surface area (Å²) < 4.78 is 5.04. The van der Waals surface area contributed by atoms with Gasteiger partial charge >= 0.3 is 5.97 Å². The summed E-state index contributed by atoms with van der Waals surface area (Å²) >= 11 is 0. The number of esters is 1. The van der Waals surface area contributed by atoms with Crippen LogP contribution in [-0.4, -0.2) is 54.3 Å². The number of nitrogens with one attached hydrogen (secondary N) is 3. The fourth-order valence-electron chi connectivity index (χ4n) is 3.10. The van der Waals surface area contributed by atoms with Gasteiger partial charge in [0.05, 0.1) is 12.6 Å². The molecule has 2 atom stereocenters. The second-order valence-corrected chi connectivity index (χ2v) is 9.53. The van der Waals surface area contributed by atoms with Crippen LogP contribution in [-0.2, 0) is 30.3 Å². The van der Waals surface area contributed by atoms with Gasteiger partial charge < -0.3 is 20.7 Å². The third kappa shape index (κ3) is 11.6. The molecule has 0 bridgehead atoms. The van der Waals surface area contributed by atoms with Crippen molar-refractivity contribution in [3.63, 3.8) is 0 Å². The minimum Gasteiger partial charge on any atom is -0.454 e. The Bertz CT molecular complexity index is 787. The summed E-state index contributed by atoms with van der Waals surface area (Å²) in [5.41, 5.74) is 0.0515. The number of carbonyl (C=O) groups excluding carboxylic acids is 4. The predicted octanol–water partition coefficient (Wildman–Crippen LogP) is 2.16. The SMILES string of the molecule is CCCN[C@@H](CC(C)C)C(=O)N[C@@H](Cc1ccccc1)C(=O)NCC(=O)C(=O)OC(C)(C)C. The van der Waals surface area contributed by atoms with Crippen LogP contribution in [0.25, 0.3) is 0 Å². The molecular weight excluding hydrogens is 422 g/mol. The number of amides is 2. The summed E-state index contributed by atoms with van der Waals surface area (Å²) in [6, 6.07) is 7.96. The topological polar surface area (TPSA) is 114 Å². The minimum absolute atomic E-state index is 0.251. The van der Waals surface area contributed by atoms with Crippen LogP contribution in [0.5, 0.6) is 0 Å². The van der Waals surface area contributed by atoms with Crippen LogP contribution >= 0.6 is 0 Å². The predicted molar refractivity (Wildman–Crippen MR) is 127 cm³/mol. The molecule has 0 fully saturated rings. The Morgan fingerprint density at radius 1 is 0.970 bits per heavy atom. The monoisotopic (exact) mass is 461 g/mol. The number of hydrogen-bond acceptors (Lipinski definition) is 6. The van der Waals surface area contributed by atoms with Gasteiger partial charge in [-0.15, -0.1) is 0 Å². The molecule has 8 nitrogen and oxygen atoms in total. The first-order chi connectivity index (χ1) is 15.4. The van der Waals surface area contributed by atoms with E-state index in [1.807, 2.05) is 51.1 Å². The van der Waals surface area contributed by atoms with Gasteiger partial charge in [-0.3, -0.25) is 14.4 Å². The number of hydrogen-bond donors (Lipinski definition) is 3. The van der Waals surface area contributed by atoms with E-state index in [0.717, 1.165) is 12.0 Å². The van der Waals surface area contributed by atoms with Gasteiger partial charge in [-0.2, -0.15) is 0 Å². The molecule has 0 aliphatic rings. The molecule has 1 rings (SSSR count). The van der Waals surface area contributed by atoms with Crippen LogP contribution in [0.1, 0.15) is 59.9 Å². The van der Waals surface area contributed by atoms with Crippen molar-refractivity contribution in [2.24, 2.45) is 5.92 Å². The van der Waals surface area contributed by atoms with Crippen LogP contribution in [0.15, 0.2) is 30.3 Å². The molecule has 0 unspecified atom stereocenters. The zero-order valence-corrected chi connectivity index (χ0v) is 20.7. The Kier molecular flexibility index (Phi) is 11.8. The normalized spacial score (nSPS) is 13.2. The van der Waals surface area contributed by atoms with E-state index in [0.29, 0.717) is 13.0 Å². The maximum absolute atomic E-state index is 13.0. The molecule has 33 heavy (non-hydrogen) atoms. The Balaban J connectivity index is 2.90. The first-order valence-electron chi connectivity index (χ1n) is 11.5. The van der Waals surface area contributed by atoms with Crippen molar-refractivity contribution in [3.05, 3.63) is 35.9 Å². The van der Waals surface area contributed by atoms with E-state index in [1.165, 1.54) is 0 Å². The molecule has 3 N–H and O–H groups in total. The summed E-state index contributed by atoms with van der Waals surface area (Å²) in [4.78, 5) is 49.9. The molecule has 0 aliphatic heterocycles. The quantitative estimate of drug-likeness (QED) is 0.306. The molecule has 1 aromatic rings. The summed E-state index contributed by atoms with van der Waals surface area (Å²) in [5.74, 6) is -2.38. The molecule has 0 saturated heterocycles. The fourth-order valence-corrected chi connectivity index (χ4v) is 3.10. The molecule has 8 heteroatoms. The summed E-state index contributed by atoms with van der Waals surface area (Å²) in [5, 5.41) is 8.54. The maximum atomic E-state index is 13.0. The lowest BCUT2D eigenvalue weighted by molar-refractivity contribution is -0.162. The Hall–Kier alpha value is -2.74. The number of ketones is 1. The van der Waals surface area contributed by atoms with Crippen molar-refractivity contribution in [2.75, 3.05) is 13.1 Å². The number of Topliss-reactive ketones (excluding diaryl/α,β-unsaturated/α-hetero) is 1. The van der Waals surface area contributed by atoms with Gasteiger partial charge in [0.2, 0.25) is 11.8 Å². The fraction of sp³-hybridized carbons (Fsp3) is 0.600. The lowest BCUT2D eigenvalue weighted by Crippen LogP contribution is -2.54. The highest BCUT2D eigenvalue weighted by Gasteiger charge is 2.28. The van der Waals surface area contributed by atoms with E-state index in [-0.39, 0.29) is 18.2 Å². The standard InChI is InChI=1S/C25H39N3O5/c1-7-13-26-19(14-17(2)3)23(31)28-20(15-18-11-9-8-10-12-18)22(30)27-16-21(29)24(32)33-25(4,5)6/h8-12,17,19-20,26H,7,13-16H2,1-6H3,(H,27,30)(H,28,31)/t19-,20-/m0/s1. The molecular formula is C25H39N3O5. The van der Waals surface area contributed by atoms with Gasteiger partial charge in [-0.1, -0.05) is 51.1 Å². The molecule has 1 aromatic carbocycles. The van der Waals surface area contributed by atoms with E-state index in [9.17, 15) is 19.2 Å². The highest BCUT2D eigenvalue weighted by molar-refractivity contribution is 6.34. The maximum Gasteiger partial charge on any atom is 0.377 e. The largest absolute Gasteiger partial charge is 0.454 e. The van der Waals surface area contributed by atoms with Gasteiger partial charge in [0.15, 0.2) is 0 Å². The number of rotatable bonds is 13. The molecule has 184 valence electrons. The first kappa shape index (κ1) is 28.3. The Morgan fingerprint density at radius 3 is 2.15 bits per heavy atom. The van der Waals surface area contributed by atoms with Crippen molar-refractivity contribution in [2.45, 2.75) is 78.5 Å². The van der Waals surface area contributed by atoms with Crippen molar-refractivity contribution < 1.29 is 23.9 Å². The van der Waals surface area contributed by atoms with Gasteiger partial charge in [-0.25, -0.2) is 4.79 Å². The van der Waals surface area contributed by atoms with Crippen LogP contribution in [0.2, 0.25) is 0 Å². The van der Waals surface area contributed by atoms with Crippen molar-refractivity contribution in [3.8, 4) is 0 Å². The number of benzene rings is 1. The van der Waals surface area contributed by atoms with E-state index < -0.39 is 41.9 Å². The third-order valence-electron chi connectivity index (χ3n) is 4.63. The van der Waals surface area contributed by atoms with E-state index in [4.69, 9.17) is 4.74 Å². The van der Waals surface area contributed by atoms with Gasteiger partial charge in [-0.05, 0) is 51.6 Å². The number of ether oxygens (including phenoxy) is 1. The molecule has 0 saturated carbocycles. The number of carbonyl (C=O) groups is 4. The Morgan fingerprint density at radius 2 is 1.61 bits per heavy atom. The summed E-state index contributed by atoms with van der Waals surface area (Å²) in [7, 11) is 0. The van der Waals surface area contributed by atoms with Gasteiger partial charge in [0.1, 0.15) is 11.6 Å². The van der Waals surface area contributed by atoms with Crippen LogP contribution < -0.4 is 16.0 Å². The van der Waals surface area contributed by atoms with Crippen LogP contribution in [0.3, 0.4) is 0 Å². The first-order valence-corrected chi connectivity index (χ1v) is 11.5. The zero-order valence-electron chi connectivity index (χ0n) is 20.7. The average Bonchev–Trinajstić information content (AvgIpc) is 2.73. The smallest absolute Gasteiger partial charge is 0.377 e. The molecule has 0 radical (unpaired) electrons. The highest BCUT2D eigenvalue weighted by atomic mass is 16.6. The van der Waals surface area contributed by atoms with Crippen molar-refractivity contribution in [1.82, 2.24) is 16.0 Å². The van der Waals surface area contributed by atoms with E-state index >= 15 is 0 Å². The second kappa shape index (κ2) is 13.7.